The number of hydrogen-bond donors (Lipinski definition) is 1. The molecule has 112 valence electrons. The van der Waals surface area contributed by atoms with Gasteiger partial charge in [0.15, 0.2) is 0 Å². The molecule has 2 aromatic rings. The predicted molar refractivity (Wildman–Crippen MR) is 83.4 cm³/mol. The van der Waals surface area contributed by atoms with Gasteiger partial charge in [-0.05, 0) is 46.6 Å². The second-order valence-electron chi connectivity index (χ2n) is 4.63. The highest BCUT2D eigenvalue weighted by Gasteiger charge is 2.26. The van der Waals surface area contributed by atoms with Crippen LogP contribution in [0.25, 0.3) is 0 Å². The van der Waals surface area contributed by atoms with Crippen LogP contribution >= 0.6 is 15.9 Å². The largest absolute Gasteiger partial charge is 0.508 e. The molecule has 0 bridgehead atoms. The molecule has 1 aromatic heterocycles. The Labute approximate surface area is 132 Å². The Morgan fingerprint density at radius 3 is 2.43 bits per heavy atom. The van der Waals surface area contributed by atoms with Gasteiger partial charge >= 0.3 is 0 Å². The summed E-state index contributed by atoms with van der Waals surface area (Å²) in [6.45, 7) is 1.79. The van der Waals surface area contributed by atoms with Crippen molar-refractivity contribution in [3.63, 3.8) is 0 Å². The summed E-state index contributed by atoms with van der Waals surface area (Å²) < 4.78 is 27.0. The number of sulfonamides is 1. The van der Waals surface area contributed by atoms with Gasteiger partial charge < -0.3 is 5.11 Å². The Balaban J connectivity index is 2.33. The molecule has 1 N–H and O–H groups in total. The monoisotopic (exact) mass is 370 g/mol. The van der Waals surface area contributed by atoms with Gasteiger partial charge in [-0.3, -0.25) is 4.98 Å². The van der Waals surface area contributed by atoms with Crippen molar-refractivity contribution < 1.29 is 13.5 Å². The molecule has 0 fully saturated rings. The lowest BCUT2D eigenvalue weighted by Gasteiger charge is -2.24. The summed E-state index contributed by atoms with van der Waals surface area (Å²) in [6, 6.07) is 7.62. The number of halogens is 1. The zero-order chi connectivity index (χ0) is 15.6. The summed E-state index contributed by atoms with van der Waals surface area (Å²) in [5.41, 5.74) is 0.793. The van der Waals surface area contributed by atoms with E-state index in [0.717, 1.165) is 5.56 Å². The van der Waals surface area contributed by atoms with Gasteiger partial charge in [0.2, 0.25) is 10.0 Å². The molecule has 21 heavy (non-hydrogen) atoms. The fourth-order valence-corrected chi connectivity index (χ4v) is 3.73. The third-order valence-corrected chi connectivity index (χ3v) is 5.60. The normalized spacial score (nSPS) is 13.3. The maximum absolute atomic E-state index is 12.6. The van der Waals surface area contributed by atoms with Crippen LogP contribution in [-0.2, 0) is 10.0 Å². The highest BCUT2D eigenvalue weighted by atomic mass is 79.9. The van der Waals surface area contributed by atoms with Crippen LogP contribution < -0.4 is 0 Å². The molecule has 0 aliphatic heterocycles. The van der Waals surface area contributed by atoms with E-state index < -0.39 is 10.0 Å². The molecular weight excluding hydrogens is 356 g/mol. The van der Waals surface area contributed by atoms with Gasteiger partial charge in [0, 0.05) is 30.0 Å². The summed E-state index contributed by atoms with van der Waals surface area (Å²) in [7, 11) is -2.12. The zero-order valence-electron chi connectivity index (χ0n) is 11.6. The number of hydrogen-bond acceptors (Lipinski definition) is 4. The third-order valence-electron chi connectivity index (χ3n) is 3.28. The van der Waals surface area contributed by atoms with Gasteiger partial charge in [-0.2, -0.15) is 4.31 Å². The highest BCUT2D eigenvalue weighted by molar-refractivity contribution is 9.10. The first kappa shape index (κ1) is 15.9. The molecular formula is C14H15BrN2O3S. The number of nitrogens with zero attached hydrogens (tertiary/aromatic N) is 2. The van der Waals surface area contributed by atoms with E-state index in [9.17, 15) is 13.5 Å². The van der Waals surface area contributed by atoms with Gasteiger partial charge in [-0.25, -0.2) is 8.42 Å². The second-order valence-corrected chi connectivity index (χ2v) is 7.54. The molecule has 0 amide bonds. The van der Waals surface area contributed by atoms with Gasteiger partial charge in [0.25, 0.3) is 0 Å². The first-order chi connectivity index (χ1) is 9.82. The number of aromatic nitrogens is 1. The Morgan fingerprint density at radius 1 is 1.24 bits per heavy atom. The summed E-state index contributed by atoms with van der Waals surface area (Å²) in [4.78, 5) is 4.02. The molecule has 0 aliphatic carbocycles. The fourth-order valence-electron chi connectivity index (χ4n) is 1.87. The highest BCUT2D eigenvalue weighted by Crippen LogP contribution is 2.27. The lowest BCUT2D eigenvalue weighted by Crippen LogP contribution is -2.29. The van der Waals surface area contributed by atoms with Crippen LogP contribution in [0.5, 0.6) is 5.75 Å². The van der Waals surface area contributed by atoms with Crippen molar-refractivity contribution in [3.05, 3.63) is 52.8 Å². The Morgan fingerprint density at radius 2 is 1.86 bits per heavy atom. The number of benzene rings is 1. The van der Waals surface area contributed by atoms with Crippen molar-refractivity contribution in [3.8, 4) is 5.75 Å². The predicted octanol–water partition coefficient (Wildman–Crippen LogP) is 2.93. The van der Waals surface area contributed by atoms with Crippen molar-refractivity contribution >= 4 is 26.0 Å². The van der Waals surface area contributed by atoms with E-state index in [2.05, 4.69) is 20.9 Å². The molecule has 1 aromatic carbocycles. The molecule has 0 aliphatic rings. The van der Waals surface area contributed by atoms with Gasteiger partial charge in [-0.1, -0.05) is 12.1 Å². The fraction of sp³-hybridized carbons (Fsp3) is 0.214. The summed E-state index contributed by atoms with van der Waals surface area (Å²) >= 11 is 3.22. The minimum atomic E-state index is -3.64. The van der Waals surface area contributed by atoms with Crippen molar-refractivity contribution in [2.24, 2.45) is 0 Å². The molecule has 0 radical (unpaired) electrons. The Hall–Kier alpha value is -1.44. The summed E-state index contributed by atoms with van der Waals surface area (Å²) in [6.07, 6.45) is 2.85. The first-order valence-corrected chi connectivity index (χ1v) is 8.43. The van der Waals surface area contributed by atoms with E-state index in [1.807, 2.05) is 0 Å². The van der Waals surface area contributed by atoms with Crippen LogP contribution in [-0.4, -0.2) is 29.9 Å². The number of phenolic OH excluding ortho intramolecular Hbond substituents is 1. The van der Waals surface area contributed by atoms with Crippen LogP contribution in [0.15, 0.2) is 52.1 Å². The number of aromatic hydroxyl groups is 1. The van der Waals surface area contributed by atoms with E-state index in [1.165, 1.54) is 41.9 Å². The average Bonchev–Trinajstić information content (AvgIpc) is 2.46. The smallest absolute Gasteiger partial charge is 0.244 e. The molecule has 0 saturated carbocycles. The maximum Gasteiger partial charge on any atom is 0.244 e. The zero-order valence-corrected chi connectivity index (χ0v) is 14.0. The van der Waals surface area contributed by atoms with Gasteiger partial charge in [0.1, 0.15) is 10.6 Å². The number of pyridine rings is 1. The first-order valence-electron chi connectivity index (χ1n) is 6.20. The van der Waals surface area contributed by atoms with E-state index in [1.54, 1.807) is 19.1 Å². The van der Waals surface area contributed by atoms with Gasteiger partial charge in [-0.15, -0.1) is 0 Å². The Kier molecular flexibility index (Phi) is 4.65. The molecule has 0 saturated heterocycles. The average molecular weight is 371 g/mol. The lowest BCUT2D eigenvalue weighted by atomic mass is 10.1. The van der Waals surface area contributed by atoms with Gasteiger partial charge in [0.05, 0.1) is 0 Å². The van der Waals surface area contributed by atoms with Crippen LogP contribution in [0.3, 0.4) is 0 Å². The van der Waals surface area contributed by atoms with Crippen LogP contribution in [0.2, 0.25) is 0 Å². The molecule has 0 spiro atoms. The van der Waals surface area contributed by atoms with Crippen molar-refractivity contribution in [2.45, 2.75) is 17.9 Å². The van der Waals surface area contributed by atoms with Crippen molar-refractivity contribution in [2.75, 3.05) is 7.05 Å². The lowest BCUT2D eigenvalue weighted by molar-refractivity contribution is 0.397. The van der Waals surface area contributed by atoms with E-state index in [4.69, 9.17) is 0 Å². The maximum atomic E-state index is 12.6. The summed E-state index contributed by atoms with van der Waals surface area (Å²) in [5, 5.41) is 9.30. The van der Waals surface area contributed by atoms with Crippen LogP contribution in [0.4, 0.5) is 0 Å². The van der Waals surface area contributed by atoms with Crippen LogP contribution in [0.1, 0.15) is 18.5 Å². The molecule has 7 heteroatoms. The number of phenols is 1. The quantitative estimate of drug-likeness (QED) is 0.897. The minimum Gasteiger partial charge on any atom is -0.508 e. The van der Waals surface area contributed by atoms with E-state index in [-0.39, 0.29) is 16.7 Å². The molecule has 5 nitrogen and oxygen atoms in total. The molecule has 1 unspecified atom stereocenters. The molecule has 1 atom stereocenters. The topological polar surface area (TPSA) is 70.5 Å². The minimum absolute atomic E-state index is 0.130. The van der Waals surface area contributed by atoms with Crippen molar-refractivity contribution in [1.82, 2.24) is 9.29 Å². The number of rotatable bonds is 4. The SMILES string of the molecule is CC(c1ccc(O)cc1)N(C)S(=O)(=O)c1cncc(Br)c1. The molecule has 2 rings (SSSR count). The van der Waals surface area contributed by atoms with E-state index >= 15 is 0 Å². The molecule has 1 heterocycles. The standard InChI is InChI=1S/C14H15BrN2O3S/c1-10(11-3-5-13(18)6-4-11)17(2)21(19,20)14-7-12(15)8-16-9-14/h3-10,18H,1-2H3. The summed E-state index contributed by atoms with van der Waals surface area (Å²) in [5.74, 6) is 0.146. The third kappa shape index (κ3) is 3.42. The van der Waals surface area contributed by atoms with Crippen molar-refractivity contribution in [1.29, 1.82) is 0 Å². The van der Waals surface area contributed by atoms with E-state index in [0.29, 0.717) is 4.47 Å². The van der Waals surface area contributed by atoms with Crippen LogP contribution in [0, 0.1) is 0 Å². The Bertz CT molecular complexity index is 732. The second kappa shape index (κ2) is 6.13.